The maximum absolute atomic E-state index is 12.1. The molecular weight excluding hydrogens is 262 g/mol. The van der Waals surface area contributed by atoms with Gasteiger partial charge in [0, 0.05) is 12.1 Å². The van der Waals surface area contributed by atoms with Gasteiger partial charge in [-0.3, -0.25) is 4.79 Å². The van der Waals surface area contributed by atoms with Crippen molar-refractivity contribution >= 4 is 5.91 Å². The molecule has 2 rings (SSSR count). The van der Waals surface area contributed by atoms with E-state index in [0.29, 0.717) is 12.0 Å². The first-order chi connectivity index (χ1) is 9.95. The van der Waals surface area contributed by atoms with Gasteiger partial charge >= 0.3 is 0 Å². The van der Waals surface area contributed by atoms with Crippen molar-refractivity contribution in [3.63, 3.8) is 0 Å². The van der Waals surface area contributed by atoms with Gasteiger partial charge in [0.05, 0.1) is 0 Å². The van der Waals surface area contributed by atoms with E-state index in [4.69, 9.17) is 5.73 Å². The molecule has 0 spiro atoms. The lowest BCUT2D eigenvalue weighted by molar-refractivity contribution is -0.126. The molecule has 0 aromatic rings. The third kappa shape index (κ3) is 3.78. The maximum Gasteiger partial charge on any atom is 0.238 e. The van der Waals surface area contributed by atoms with E-state index >= 15 is 0 Å². The monoisotopic (exact) mass is 295 g/mol. The van der Waals surface area contributed by atoms with Crippen molar-refractivity contribution in [3.05, 3.63) is 0 Å². The predicted molar refractivity (Wildman–Crippen MR) is 87.0 cm³/mol. The number of nitrogens with one attached hydrogen (secondary N) is 1. The van der Waals surface area contributed by atoms with E-state index < -0.39 is 5.54 Å². The Hall–Kier alpha value is -0.610. The molecular formula is C17H33N3O. The molecule has 2 fully saturated rings. The van der Waals surface area contributed by atoms with Crippen LogP contribution in [0.5, 0.6) is 0 Å². The highest BCUT2D eigenvalue weighted by atomic mass is 16.1. The molecule has 2 atom stereocenters. The molecule has 2 saturated carbocycles. The molecule has 0 radical (unpaired) electrons. The Morgan fingerprint density at radius 2 is 1.95 bits per heavy atom. The zero-order valence-electron chi connectivity index (χ0n) is 14.0. The summed E-state index contributed by atoms with van der Waals surface area (Å²) in [5.41, 5.74) is 5.32. The number of carbonyl (C=O) groups excluding carboxylic acids is 1. The predicted octanol–water partition coefficient (Wildman–Crippen LogP) is 2.27. The van der Waals surface area contributed by atoms with Gasteiger partial charge in [-0.2, -0.15) is 0 Å². The number of nitrogens with two attached hydrogens (primary N) is 1. The van der Waals surface area contributed by atoms with Crippen molar-refractivity contribution in [3.8, 4) is 0 Å². The van der Waals surface area contributed by atoms with E-state index in [2.05, 4.69) is 31.1 Å². The minimum atomic E-state index is -0.468. The average Bonchev–Trinajstić information content (AvgIpc) is 3.05. The zero-order chi connectivity index (χ0) is 15.5. The normalized spacial score (nSPS) is 30.6. The van der Waals surface area contributed by atoms with Gasteiger partial charge in [0.25, 0.3) is 0 Å². The lowest BCUT2D eigenvalue weighted by Crippen LogP contribution is -2.60. The van der Waals surface area contributed by atoms with Gasteiger partial charge in [-0.15, -0.1) is 0 Å². The first kappa shape index (κ1) is 16.8. The Balaban J connectivity index is 1.94. The first-order valence-corrected chi connectivity index (χ1v) is 8.73. The molecule has 122 valence electrons. The molecule has 0 heterocycles. The van der Waals surface area contributed by atoms with Crippen LogP contribution in [0.25, 0.3) is 0 Å². The van der Waals surface area contributed by atoms with Crippen LogP contribution in [-0.4, -0.2) is 42.0 Å². The summed E-state index contributed by atoms with van der Waals surface area (Å²) in [7, 11) is 2.24. The maximum atomic E-state index is 12.1. The van der Waals surface area contributed by atoms with Gasteiger partial charge in [0.2, 0.25) is 5.91 Å². The fourth-order valence-electron chi connectivity index (χ4n) is 4.46. The van der Waals surface area contributed by atoms with Crippen molar-refractivity contribution in [2.45, 2.75) is 82.8 Å². The minimum absolute atomic E-state index is 0.151. The summed E-state index contributed by atoms with van der Waals surface area (Å²) in [5, 5.41) is 3.50. The Labute approximate surface area is 129 Å². The molecule has 1 amide bonds. The summed E-state index contributed by atoms with van der Waals surface area (Å²) in [5.74, 6) is 0.239. The smallest absolute Gasteiger partial charge is 0.238 e. The van der Waals surface area contributed by atoms with E-state index in [1.54, 1.807) is 0 Å². The van der Waals surface area contributed by atoms with E-state index in [0.717, 1.165) is 38.3 Å². The van der Waals surface area contributed by atoms with Crippen LogP contribution in [0, 0.1) is 5.92 Å². The van der Waals surface area contributed by atoms with Crippen LogP contribution < -0.4 is 11.1 Å². The van der Waals surface area contributed by atoms with Crippen LogP contribution in [0.15, 0.2) is 0 Å². The fraction of sp³-hybridized carbons (Fsp3) is 0.941. The van der Waals surface area contributed by atoms with Crippen molar-refractivity contribution in [1.82, 2.24) is 10.2 Å². The van der Waals surface area contributed by atoms with Gasteiger partial charge in [-0.1, -0.05) is 19.3 Å². The molecule has 0 bridgehead atoms. The number of nitrogens with zero attached hydrogens (tertiary/aromatic N) is 1. The largest absolute Gasteiger partial charge is 0.368 e. The van der Waals surface area contributed by atoms with Gasteiger partial charge in [-0.25, -0.2) is 0 Å². The quantitative estimate of drug-likeness (QED) is 0.757. The van der Waals surface area contributed by atoms with E-state index in [9.17, 15) is 4.79 Å². The molecule has 0 saturated heterocycles. The highest BCUT2D eigenvalue weighted by molar-refractivity contribution is 5.85. The summed E-state index contributed by atoms with van der Waals surface area (Å²) in [6.07, 6.45) is 9.64. The highest BCUT2D eigenvalue weighted by Gasteiger charge is 2.47. The summed E-state index contributed by atoms with van der Waals surface area (Å²) >= 11 is 0. The van der Waals surface area contributed by atoms with E-state index in [1.807, 2.05) is 0 Å². The number of primary amides is 1. The average molecular weight is 295 g/mol. The minimum Gasteiger partial charge on any atom is -0.368 e. The van der Waals surface area contributed by atoms with Gasteiger partial charge in [0.1, 0.15) is 5.54 Å². The summed E-state index contributed by atoms with van der Waals surface area (Å²) in [6, 6.07) is 1.05. The molecule has 2 aliphatic rings. The molecule has 3 N–H and O–H groups in total. The Kier molecular flexibility index (Phi) is 5.67. The molecule has 0 aliphatic heterocycles. The van der Waals surface area contributed by atoms with Crippen LogP contribution in [0.4, 0.5) is 0 Å². The van der Waals surface area contributed by atoms with Crippen molar-refractivity contribution in [1.29, 1.82) is 0 Å². The van der Waals surface area contributed by atoms with E-state index in [1.165, 1.54) is 25.7 Å². The second kappa shape index (κ2) is 7.10. The summed E-state index contributed by atoms with van der Waals surface area (Å²) in [4.78, 5) is 14.6. The highest BCUT2D eigenvalue weighted by Crippen LogP contribution is 2.38. The molecule has 21 heavy (non-hydrogen) atoms. The third-order valence-electron chi connectivity index (χ3n) is 5.58. The van der Waals surface area contributed by atoms with Crippen LogP contribution in [-0.2, 0) is 4.79 Å². The number of hydrogen-bond donors (Lipinski definition) is 2. The zero-order valence-corrected chi connectivity index (χ0v) is 14.0. The van der Waals surface area contributed by atoms with Crippen LogP contribution >= 0.6 is 0 Å². The molecule has 2 aliphatic carbocycles. The molecule has 0 aromatic heterocycles. The first-order valence-electron chi connectivity index (χ1n) is 8.73. The number of hydrogen-bond acceptors (Lipinski definition) is 3. The SMILES string of the molecule is CC(C)NC1(C(N)=O)CCCC1CCN(C)C1CCCC1. The number of amides is 1. The Morgan fingerprint density at radius 3 is 2.52 bits per heavy atom. The Morgan fingerprint density at radius 1 is 1.29 bits per heavy atom. The molecule has 0 aromatic carbocycles. The van der Waals surface area contributed by atoms with Crippen molar-refractivity contribution in [2.75, 3.05) is 13.6 Å². The Bertz CT molecular complexity index is 352. The summed E-state index contributed by atoms with van der Waals surface area (Å²) < 4.78 is 0. The topological polar surface area (TPSA) is 58.4 Å². The van der Waals surface area contributed by atoms with E-state index in [-0.39, 0.29) is 5.91 Å². The lowest BCUT2D eigenvalue weighted by atomic mass is 9.83. The van der Waals surface area contributed by atoms with Gasteiger partial charge < -0.3 is 16.0 Å². The second-order valence-electron chi connectivity index (χ2n) is 7.43. The fourth-order valence-corrected chi connectivity index (χ4v) is 4.46. The lowest BCUT2D eigenvalue weighted by Gasteiger charge is -2.36. The molecule has 4 heteroatoms. The summed E-state index contributed by atoms with van der Waals surface area (Å²) in [6.45, 7) is 5.29. The standard InChI is InChI=1S/C17H33N3O/c1-13(2)19-17(16(18)21)11-6-7-14(17)10-12-20(3)15-8-4-5-9-15/h13-15,19H,4-12H2,1-3H3,(H2,18,21). The molecule has 2 unspecified atom stereocenters. The van der Waals surface area contributed by atoms with Gasteiger partial charge in [-0.05, 0) is 65.5 Å². The van der Waals surface area contributed by atoms with Crippen LogP contribution in [0.1, 0.15) is 65.2 Å². The van der Waals surface area contributed by atoms with Crippen LogP contribution in [0.3, 0.4) is 0 Å². The van der Waals surface area contributed by atoms with Crippen LogP contribution in [0.2, 0.25) is 0 Å². The number of carbonyl (C=O) groups is 1. The number of rotatable bonds is 7. The van der Waals surface area contributed by atoms with Crippen molar-refractivity contribution in [2.24, 2.45) is 11.7 Å². The second-order valence-corrected chi connectivity index (χ2v) is 7.43. The van der Waals surface area contributed by atoms with Crippen molar-refractivity contribution < 1.29 is 4.79 Å². The molecule has 4 nitrogen and oxygen atoms in total. The van der Waals surface area contributed by atoms with Gasteiger partial charge in [0.15, 0.2) is 0 Å². The third-order valence-corrected chi connectivity index (χ3v) is 5.58.